The minimum Gasteiger partial charge on any atom is -0.497 e. The van der Waals surface area contributed by atoms with Gasteiger partial charge in [-0.25, -0.2) is 5.43 Å². The van der Waals surface area contributed by atoms with E-state index in [4.69, 9.17) is 14.2 Å². The molecule has 2 aromatic carbocycles. The van der Waals surface area contributed by atoms with Crippen molar-refractivity contribution < 1.29 is 19.0 Å². The van der Waals surface area contributed by atoms with Crippen LogP contribution in [0.15, 0.2) is 53.6 Å². The first-order chi connectivity index (χ1) is 11.7. The van der Waals surface area contributed by atoms with E-state index in [1.165, 1.54) is 13.3 Å². The summed E-state index contributed by atoms with van der Waals surface area (Å²) < 4.78 is 15.7. The van der Waals surface area contributed by atoms with Gasteiger partial charge < -0.3 is 14.2 Å². The lowest BCUT2D eigenvalue weighted by Gasteiger charge is -2.13. The molecule has 0 unspecified atom stereocenters. The number of rotatable bonds is 7. The highest BCUT2D eigenvalue weighted by Crippen LogP contribution is 2.23. The molecule has 24 heavy (non-hydrogen) atoms. The summed E-state index contributed by atoms with van der Waals surface area (Å²) in [5.41, 5.74) is 3.95. The molecule has 0 saturated heterocycles. The van der Waals surface area contributed by atoms with Gasteiger partial charge in [0.15, 0.2) is 6.10 Å². The lowest BCUT2D eigenvalue weighted by Crippen LogP contribution is -2.26. The monoisotopic (exact) mass is 328 g/mol. The summed E-state index contributed by atoms with van der Waals surface area (Å²) in [4.78, 5) is 12.2. The van der Waals surface area contributed by atoms with Crippen LogP contribution in [0.5, 0.6) is 11.5 Å². The predicted molar refractivity (Wildman–Crippen MR) is 91.5 cm³/mol. The van der Waals surface area contributed by atoms with E-state index in [0.29, 0.717) is 17.1 Å². The first-order valence-corrected chi connectivity index (χ1v) is 7.32. The SMILES string of the molecule is COc1ccc(/C=N\NC(=O)[C@H](OC)c2ccccc2)c(OC)c1. The third-order valence-corrected chi connectivity index (χ3v) is 3.40. The van der Waals surface area contributed by atoms with Crippen molar-refractivity contribution in [2.24, 2.45) is 5.10 Å². The zero-order valence-electron chi connectivity index (χ0n) is 13.9. The summed E-state index contributed by atoms with van der Waals surface area (Å²) >= 11 is 0. The highest BCUT2D eigenvalue weighted by atomic mass is 16.5. The summed E-state index contributed by atoms with van der Waals surface area (Å²) in [6, 6.07) is 14.5. The minimum atomic E-state index is -0.721. The lowest BCUT2D eigenvalue weighted by molar-refractivity contribution is -0.131. The lowest BCUT2D eigenvalue weighted by atomic mass is 10.1. The van der Waals surface area contributed by atoms with Crippen molar-refractivity contribution in [1.29, 1.82) is 0 Å². The molecule has 1 N–H and O–H groups in total. The fourth-order valence-corrected chi connectivity index (χ4v) is 2.17. The van der Waals surface area contributed by atoms with Crippen molar-refractivity contribution in [2.75, 3.05) is 21.3 Å². The molecule has 0 aliphatic rings. The zero-order valence-corrected chi connectivity index (χ0v) is 13.9. The Morgan fingerprint density at radius 1 is 1.08 bits per heavy atom. The van der Waals surface area contributed by atoms with Gasteiger partial charge in [-0.2, -0.15) is 5.10 Å². The maximum absolute atomic E-state index is 12.2. The van der Waals surface area contributed by atoms with Crippen molar-refractivity contribution in [1.82, 2.24) is 5.43 Å². The van der Waals surface area contributed by atoms with Gasteiger partial charge in [0.1, 0.15) is 11.5 Å². The third kappa shape index (κ3) is 4.33. The van der Waals surface area contributed by atoms with Crippen LogP contribution in [0.4, 0.5) is 0 Å². The molecule has 0 heterocycles. The number of carbonyl (C=O) groups excluding carboxylic acids is 1. The quantitative estimate of drug-likeness (QED) is 0.626. The molecular weight excluding hydrogens is 308 g/mol. The van der Waals surface area contributed by atoms with Gasteiger partial charge in [-0.1, -0.05) is 30.3 Å². The molecule has 0 radical (unpaired) electrons. The van der Waals surface area contributed by atoms with E-state index in [9.17, 15) is 4.79 Å². The fourth-order valence-electron chi connectivity index (χ4n) is 2.17. The van der Waals surface area contributed by atoms with E-state index in [1.54, 1.807) is 32.4 Å². The van der Waals surface area contributed by atoms with Gasteiger partial charge >= 0.3 is 0 Å². The van der Waals surface area contributed by atoms with Gasteiger partial charge in [0.2, 0.25) is 0 Å². The Morgan fingerprint density at radius 2 is 1.83 bits per heavy atom. The number of hydrogen-bond donors (Lipinski definition) is 1. The highest BCUT2D eigenvalue weighted by molar-refractivity contribution is 5.87. The number of methoxy groups -OCH3 is 3. The van der Waals surface area contributed by atoms with Gasteiger partial charge in [-0.3, -0.25) is 4.79 Å². The first-order valence-electron chi connectivity index (χ1n) is 7.32. The van der Waals surface area contributed by atoms with Gasteiger partial charge in [0, 0.05) is 18.7 Å². The second kappa shape index (κ2) is 8.69. The smallest absolute Gasteiger partial charge is 0.273 e. The Bertz CT molecular complexity index is 701. The Balaban J connectivity index is 2.06. The molecule has 0 aliphatic carbocycles. The number of ether oxygens (including phenoxy) is 3. The third-order valence-electron chi connectivity index (χ3n) is 3.40. The molecule has 6 nitrogen and oxygen atoms in total. The van der Waals surface area contributed by atoms with E-state index in [2.05, 4.69) is 10.5 Å². The Morgan fingerprint density at radius 3 is 2.46 bits per heavy atom. The fraction of sp³-hybridized carbons (Fsp3) is 0.222. The van der Waals surface area contributed by atoms with E-state index in [-0.39, 0.29) is 5.91 Å². The van der Waals surface area contributed by atoms with Crippen molar-refractivity contribution in [2.45, 2.75) is 6.10 Å². The van der Waals surface area contributed by atoms with Crippen molar-refractivity contribution >= 4 is 12.1 Å². The Hall–Kier alpha value is -2.86. The van der Waals surface area contributed by atoms with E-state index >= 15 is 0 Å². The van der Waals surface area contributed by atoms with Crippen LogP contribution in [-0.2, 0) is 9.53 Å². The molecular formula is C18H20N2O4. The van der Waals surface area contributed by atoms with Crippen molar-refractivity contribution in [3.05, 3.63) is 59.7 Å². The molecule has 1 atom stereocenters. The standard InChI is InChI=1S/C18H20N2O4/c1-22-15-10-9-14(16(11-15)23-2)12-19-20-18(21)17(24-3)13-7-5-4-6-8-13/h4-12,17H,1-3H3,(H,20,21)/b19-12-/t17-/m1/s1. The summed E-state index contributed by atoms with van der Waals surface area (Å²) in [6.07, 6.45) is 0.787. The van der Waals surface area contributed by atoms with Gasteiger partial charge in [-0.05, 0) is 17.7 Å². The summed E-state index contributed by atoms with van der Waals surface area (Å²) in [7, 11) is 4.62. The second-order valence-corrected chi connectivity index (χ2v) is 4.87. The molecule has 0 saturated carbocycles. The summed E-state index contributed by atoms with van der Waals surface area (Å²) in [5, 5.41) is 3.97. The Labute approximate surface area is 141 Å². The molecule has 1 amide bonds. The number of nitrogens with one attached hydrogen (secondary N) is 1. The number of hydrogen-bond acceptors (Lipinski definition) is 5. The zero-order chi connectivity index (χ0) is 17.4. The largest absolute Gasteiger partial charge is 0.497 e. The number of hydrazone groups is 1. The van der Waals surface area contributed by atoms with Crippen LogP contribution in [0.2, 0.25) is 0 Å². The molecule has 2 rings (SSSR count). The molecule has 0 bridgehead atoms. The molecule has 2 aromatic rings. The number of nitrogens with zero attached hydrogens (tertiary/aromatic N) is 1. The number of carbonyl (C=O) groups is 1. The van der Waals surface area contributed by atoms with Crippen molar-refractivity contribution in [3.8, 4) is 11.5 Å². The first kappa shape index (κ1) is 17.5. The predicted octanol–water partition coefficient (Wildman–Crippen LogP) is 2.54. The number of amides is 1. The van der Waals surface area contributed by atoms with Crippen LogP contribution < -0.4 is 14.9 Å². The molecule has 0 spiro atoms. The van der Waals surface area contributed by atoms with Crippen LogP contribution in [-0.4, -0.2) is 33.5 Å². The minimum absolute atomic E-state index is 0.354. The molecule has 0 aromatic heterocycles. The topological polar surface area (TPSA) is 69.2 Å². The van der Waals surface area contributed by atoms with Crippen LogP contribution in [0.1, 0.15) is 17.2 Å². The average molecular weight is 328 g/mol. The molecule has 0 aliphatic heterocycles. The van der Waals surface area contributed by atoms with E-state index in [0.717, 1.165) is 5.56 Å². The van der Waals surface area contributed by atoms with Gasteiger partial charge in [0.05, 0.1) is 20.4 Å². The Kier molecular flexibility index (Phi) is 6.33. The highest BCUT2D eigenvalue weighted by Gasteiger charge is 2.19. The second-order valence-electron chi connectivity index (χ2n) is 4.87. The van der Waals surface area contributed by atoms with Gasteiger partial charge in [0.25, 0.3) is 5.91 Å². The van der Waals surface area contributed by atoms with Crippen LogP contribution in [0, 0.1) is 0 Å². The molecule has 0 fully saturated rings. The maximum Gasteiger partial charge on any atom is 0.273 e. The van der Waals surface area contributed by atoms with Crippen molar-refractivity contribution in [3.63, 3.8) is 0 Å². The van der Waals surface area contributed by atoms with Crippen LogP contribution in [0.25, 0.3) is 0 Å². The summed E-state index contributed by atoms with van der Waals surface area (Å²) in [6.45, 7) is 0. The van der Waals surface area contributed by atoms with E-state index < -0.39 is 6.10 Å². The van der Waals surface area contributed by atoms with Crippen LogP contribution in [0.3, 0.4) is 0 Å². The normalized spacial score (nSPS) is 12.0. The summed E-state index contributed by atoms with van der Waals surface area (Å²) in [5.74, 6) is 0.919. The molecule has 126 valence electrons. The molecule has 6 heteroatoms. The average Bonchev–Trinajstić information content (AvgIpc) is 2.63. The number of benzene rings is 2. The van der Waals surface area contributed by atoms with E-state index in [1.807, 2.05) is 30.3 Å². The van der Waals surface area contributed by atoms with Gasteiger partial charge in [-0.15, -0.1) is 0 Å². The van der Waals surface area contributed by atoms with Crippen LogP contribution >= 0.6 is 0 Å². The maximum atomic E-state index is 12.2.